The first-order valence-corrected chi connectivity index (χ1v) is 12.2. The quantitative estimate of drug-likeness (QED) is 0.366. The zero-order chi connectivity index (χ0) is 25.7. The van der Waals surface area contributed by atoms with Crippen LogP contribution in [0, 0.1) is 0 Å². The molecule has 1 aliphatic rings. The second-order valence-corrected chi connectivity index (χ2v) is 9.08. The summed E-state index contributed by atoms with van der Waals surface area (Å²) in [5, 5.41) is 14.1. The van der Waals surface area contributed by atoms with Gasteiger partial charge in [-0.2, -0.15) is 0 Å². The minimum atomic E-state index is -2.48. The van der Waals surface area contributed by atoms with Crippen LogP contribution in [0.25, 0.3) is 0 Å². The number of ether oxygens (including phenoxy) is 2. The number of nitrogens with one attached hydrogen (secondary N) is 1. The number of aliphatic hydroxyl groups is 1. The monoisotopic (exact) mass is 496 g/mol. The van der Waals surface area contributed by atoms with Crippen LogP contribution in [0.2, 0.25) is 0 Å². The number of aryl methyl sites for hydroxylation is 1. The normalized spacial score (nSPS) is 17.5. The summed E-state index contributed by atoms with van der Waals surface area (Å²) in [6, 6.07) is 20.3. The summed E-state index contributed by atoms with van der Waals surface area (Å²) in [7, 11) is 5.02. The van der Waals surface area contributed by atoms with Gasteiger partial charge in [0.05, 0.1) is 20.3 Å². The van der Waals surface area contributed by atoms with Gasteiger partial charge in [-0.3, -0.25) is 10.2 Å². The lowest BCUT2D eigenvalue weighted by Crippen LogP contribution is -2.47. The molecule has 0 saturated heterocycles. The molecule has 36 heavy (non-hydrogen) atoms. The van der Waals surface area contributed by atoms with E-state index in [9.17, 15) is 13.9 Å². The molecule has 0 aliphatic carbocycles. The summed E-state index contributed by atoms with van der Waals surface area (Å²) in [5.41, 5.74) is 4.37. The molecule has 0 saturated carbocycles. The smallest absolute Gasteiger partial charge is 0.263 e. The van der Waals surface area contributed by atoms with Gasteiger partial charge in [-0.25, -0.2) is 8.78 Å². The zero-order valence-electron chi connectivity index (χ0n) is 21.0. The minimum Gasteiger partial charge on any atom is -0.493 e. The fourth-order valence-corrected chi connectivity index (χ4v) is 5.20. The van der Waals surface area contributed by atoms with Gasteiger partial charge < -0.3 is 14.6 Å². The van der Waals surface area contributed by atoms with Gasteiger partial charge in [0, 0.05) is 18.2 Å². The van der Waals surface area contributed by atoms with Crippen molar-refractivity contribution in [1.82, 2.24) is 10.2 Å². The Morgan fingerprint density at radius 2 is 1.64 bits per heavy atom. The van der Waals surface area contributed by atoms with E-state index in [1.807, 2.05) is 42.5 Å². The first kappa shape index (κ1) is 26.1. The maximum Gasteiger partial charge on any atom is 0.263 e. The van der Waals surface area contributed by atoms with E-state index in [1.54, 1.807) is 33.4 Å². The number of fused-ring (bicyclic) bond motifs is 1. The molecular weight excluding hydrogens is 462 g/mol. The number of alkyl halides is 2. The van der Waals surface area contributed by atoms with E-state index >= 15 is 0 Å². The minimum absolute atomic E-state index is 0.0292. The fourth-order valence-electron chi connectivity index (χ4n) is 5.20. The molecule has 7 heteroatoms. The number of benzene rings is 3. The second-order valence-electron chi connectivity index (χ2n) is 9.08. The highest BCUT2D eigenvalue weighted by molar-refractivity contribution is 5.49. The Kier molecular flexibility index (Phi) is 8.56. The Labute approximate surface area is 211 Å². The van der Waals surface area contributed by atoms with Crippen LogP contribution in [0.15, 0.2) is 66.7 Å². The molecule has 3 aromatic carbocycles. The summed E-state index contributed by atoms with van der Waals surface area (Å²) in [6.07, 6.45) is -1.00. The van der Waals surface area contributed by atoms with E-state index in [1.165, 1.54) is 17.7 Å². The average molecular weight is 497 g/mol. The lowest BCUT2D eigenvalue weighted by Gasteiger charge is -2.44. The summed E-state index contributed by atoms with van der Waals surface area (Å²) >= 11 is 0. The average Bonchev–Trinajstić information content (AvgIpc) is 2.92. The molecule has 0 aromatic heterocycles. The van der Waals surface area contributed by atoms with Gasteiger partial charge in [0.1, 0.15) is 6.23 Å². The predicted molar refractivity (Wildman–Crippen MR) is 137 cm³/mol. The third-order valence-electron chi connectivity index (χ3n) is 7.08. The number of likely N-dealkylation sites (N-methyl/N-ethyl adjacent to an activating group) is 1. The van der Waals surface area contributed by atoms with Gasteiger partial charge in [-0.15, -0.1) is 0 Å². The van der Waals surface area contributed by atoms with Crippen LogP contribution < -0.4 is 14.8 Å². The molecule has 3 atom stereocenters. The van der Waals surface area contributed by atoms with Crippen molar-refractivity contribution in [3.63, 3.8) is 0 Å². The molecule has 192 valence electrons. The van der Waals surface area contributed by atoms with Gasteiger partial charge in [0.15, 0.2) is 11.5 Å². The van der Waals surface area contributed by atoms with Crippen molar-refractivity contribution in [3.8, 4) is 11.5 Å². The number of hydrogen-bond donors (Lipinski definition) is 2. The molecule has 1 aliphatic heterocycles. The Bertz CT molecular complexity index is 1130. The number of aliphatic hydroxyl groups excluding tert-OH is 1. The Morgan fingerprint density at radius 1 is 0.972 bits per heavy atom. The van der Waals surface area contributed by atoms with Gasteiger partial charge in [0.2, 0.25) is 0 Å². The van der Waals surface area contributed by atoms with Crippen molar-refractivity contribution >= 4 is 0 Å². The molecule has 5 nitrogen and oxygen atoms in total. The molecule has 3 aromatic rings. The SMILES string of the molecule is CNC(O)[C@@H](c1ccccc1)N1CCc2cc(OC)c(OC)cc2[C@@H]1CCc1ccc(C(F)F)cc1. The van der Waals surface area contributed by atoms with Crippen LogP contribution in [-0.2, 0) is 12.8 Å². The van der Waals surface area contributed by atoms with Crippen LogP contribution in [-0.4, -0.2) is 44.0 Å². The van der Waals surface area contributed by atoms with Crippen LogP contribution in [0.3, 0.4) is 0 Å². The van der Waals surface area contributed by atoms with E-state index in [0.717, 1.165) is 36.1 Å². The molecule has 2 N–H and O–H groups in total. The highest BCUT2D eigenvalue weighted by Crippen LogP contribution is 2.43. The summed E-state index contributed by atoms with van der Waals surface area (Å²) < 4.78 is 37.2. The highest BCUT2D eigenvalue weighted by atomic mass is 19.3. The topological polar surface area (TPSA) is 54.0 Å². The van der Waals surface area contributed by atoms with Gasteiger partial charge >= 0.3 is 0 Å². The molecule has 0 radical (unpaired) electrons. The lowest BCUT2D eigenvalue weighted by atomic mass is 9.86. The van der Waals surface area contributed by atoms with Gasteiger partial charge in [-0.05, 0) is 60.7 Å². The van der Waals surface area contributed by atoms with Crippen molar-refractivity contribution in [1.29, 1.82) is 0 Å². The number of rotatable bonds is 10. The Balaban J connectivity index is 1.73. The molecule has 0 fully saturated rings. The number of methoxy groups -OCH3 is 2. The van der Waals surface area contributed by atoms with Gasteiger partial charge in [0.25, 0.3) is 6.43 Å². The fraction of sp³-hybridized carbons (Fsp3) is 0.379. The maximum atomic E-state index is 13.0. The molecule has 1 heterocycles. The van der Waals surface area contributed by atoms with Crippen LogP contribution in [0.5, 0.6) is 11.5 Å². The Morgan fingerprint density at radius 3 is 2.25 bits per heavy atom. The molecule has 1 unspecified atom stereocenters. The van der Waals surface area contributed by atoms with Crippen molar-refractivity contribution in [3.05, 3.63) is 94.5 Å². The number of hydrogen-bond acceptors (Lipinski definition) is 5. The maximum absolute atomic E-state index is 13.0. The number of nitrogens with zero attached hydrogens (tertiary/aromatic N) is 1. The highest BCUT2D eigenvalue weighted by Gasteiger charge is 2.36. The molecular formula is C29H34F2N2O3. The summed E-state index contributed by atoms with van der Waals surface area (Å²) in [5.74, 6) is 1.36. The van der Waals surface area contributed by atoms with Crippen molar-refractivity contribution < 1.29 is 23.4 Å². The molecule has 0 spiro atoms. The summed E-state index contributed by atoms with van der Waals surface area (Å²) in [6.45, 7) is 0.746. The van der Waals surface area contributed by atoms with Gasteiger partial charge in [-0.1, -0.05) is 54.6 Å². The van der Waals surface area contributed by atoms with E-state index < -0.39 is 12.7 Å². The summed E-state index contributed by atoms with van der Waals surface area (Å²) in [4.78, 5) is 2.35. The van der Waals surface area contributed by atoms with Crippen molar-refractivity contribution in [2.24, 2.45) is 0 Å². The molecule has 0 amide bonds. The van der Waals surface area contributed by atoms with E-state index in [0.29, 0.717) is 17.9 Å². The zero-order valence-corrected chi connectivity index (χ0v) is 21.0. The van der Waals surface area contributed by atoms with Crippen molar-refractivity contribution in [2.45, 2.75) is 44.0 Å². The Hall–Kier alpha value is -3.00. The van der Waals surface area contributed by atoms with E-state index in [4.69, 9.17) is 9.47 Å². The third kappa shape index (κ3) is 5.53. The standard InChI is InChI=1S/C29H34F2N2O3/c1-32-29(34)27(20-7-5-4-6-8-20)33-16-15-22-17-25(35-2)26(36-3)18-23(22)24(33)14-11-19-9-12-21(13-10-19)28(30)31/h4-10,12-13,17-18,24,27-29,32,34H,11,14-16H2,1-3H3/t24-,27+,29?/m0/s1. The lowest BCUT2D eigenvalue weighted by molar-refractivity contribution is 0.000692. The van der Waals surface area contributed by atoms with Crippen LogP contribution in [0.4, 0.5) is 8.78 Å². The first-order valence-electron chi connectivity index (χ1n) is 12.2. The van der Waals surface area contributed by atoms with Crippen LogP contribution in [0.1, 0.15) is 52.7 Å². The van der Waals surface area contributed by atoms with Crippen molar-refractivity contribution in [2.75, 3.05) is 27.8 Å². The third-order valence-corrected chi connectivity index (χ3v) is 7.08. The second kappa shape index (κ2) is 11.8. The number of halogens is 2. The van der Waals surface area contributed by atoms with E-state index in [-0.39, 0.29) is 17.6 Å². The van der Waals surface area contributed by atoms with Crippen LogP contribution >= 0.6 is 0 Å². The molecule has 4 rings (SSSR count). The van der Waals surface area contributed by atoms with E-state index in [2.05, 4.69) is 10.2 Å². The molecule has 0 bridgehead atoms. The first-order chi connectivity index (χ1) is 17.5. The largest absolute Gasteiger partial charge is 0.493 e. The predicted octanol–water partition coefficient (Wildman–Crippen LogP) is 5.45.